The van der Waals surface area contributed by atoms with E-state index < -0.39 is 0 Å². The summed E-state index contributed by atoms with van der Waals surface area (Å²) in [6, 6.07) is 19.4. The predicted molar refractivity (Wildman–Crippen MR) is 138 cm³/mol. The van der Waals surface area contributed by atoms with Gasteiger partial charge in [0.25, 0.3) is 0 Å². The molecule has 2 unspecified atom stereocenters. The highest BCUT2D eigenvalue weighted by Crippen LogP contribution is 2.60. The average Bonchev–Trinajstić information content (AvgIpc) is 3.26. The molecule has 1 aromatic heterocycles. The summed E-state index contributed by atoms with van der Waals surface area (Å²) in [6.07, 6.45) is 5.84. The van der Waals surface area contributed by atoms with Crippen LogP contribution in [0.4, 0.5) is 0 Å². The fourth-order valence-corrected chi connectivity index (χ4v) is 5.85. The minimum absolute atomic E-state index is 0.327. The van der Waals surface area contributed by atoms with Crippen molar-refractivity contribution < 1.29 is 0 Å². The van der Waals surface area contributed by atoms with Crippen LogP contribution in [0.15, 0.2) is 70.8 Å². The summed E-state index contributed by atoms with van der Waals surface area (Å²) in [5.74, 6) is 1.18. The Morgan fingerprint density at radius 3 is 2.24 bits per heavy atom. The van der Waals surface area contributed by atoms with E-state index in [0.717, 1.165) is 22.4 Å². The van der Waals surface area contributed by atoms with Gasteiger partial charge in [-0.05, 0) is 72.8 Å². The van der Waals surface area contributed by atoms with Crippen LogP contribution in [0.1, 0.15) is 63.6 Å². The Balaban J connectivity index is 1.37. The molecular formula is C29H32N4. The van der Waals surface area contributed by atoms with Crippen LogP contribution in [0.2, 0.25) is 0 Å². The zero-order valence-corrected chi connectivity index (χ0v) is 20.0. The van der Waals surface area contributed by atoms with Gasteiger partial charge >= 0.3 is 0 Å². The van der Waals surface area contributed by atoms with Crippen molar-refractivity contribution in [1.29, 1.82) is 0 Å². The van der Waals surface area contributed by atoms with Crippen LogP contribution >= 0.6 is 0 Å². The van der Waals surface area contributed by atoms with Gasteiger partial charge < -0.3 is 5.73 Å². The van der Waals surface area contributed by atoms with Gasteiger partial charge in [0, 0.05) is 29.4 Å². The van der Waals surface area contributed by atoms with Gasteiger partial charge in [-0.15, -0.1) is 0 Å². The third-order valence-electron chi connectivity index (χ3n) is 7.57. The number of fused-ring (bicyclic) bond motifs is 5. The first-order valence-electron chi connectivity index (χ1n) is 11.9. The molecule has 1 heterocycles. The Bertz CT molecular complexity index is 1250. The SMILES string of the molecule is CC/N=C(C)\N=C(/N)c1ccc(-c2ccc(-c3ccc4c(c3)C3(C)CCC4(C)C3)nc2)cc1. The van der Waals surface area contributed by atoms with Gasteiger partial charge in [0.05, 0.1) is 5.69 Å². The van der Waals surface area contributed by atoms with Crippen molar-refractivity contribution in [2.75, 3.05) is 6.54 Å². The molecule has 0 amide bonds. The number of pyridine rings is 1. The first-order valence-corrected chi connectivity index (χ1v) is 11.9. The monoisotopic (exact) mass is 436 g/mol. The second-order valence-electron chi connectivity index (χ2n) is 10.1. The highest BCUT2D eigenvalue weighted by Gasteiger charge is 2.52. The maximum atomic E-state index is 6.13. The van der Waals surface area contributed by atoms with Crippen molar-refractivity contribution in [2.45, 2.75) is 57.8 Å². The zero-order chi connectivity index (χ0) is 23.2. The van der Waals surface area contributed by atoms with Crippen LogP contribution in [0.3, 0.4) is 0 Å². The third-order valence-corrected chi connectivity index (χ3v) is 7.57. The Hall–Kier alpha value is -3.27. The summed E-state index contributed by atoms with van der Waals surface area (Å²) >= 11 is 0. The van der Waals surface area contributed by atoms with Gasteiger partial charge in [0.15, 0.2) is 0 Å². The molecule has 33 heavy (non-hydrogen) atoms. The molecule has 2 atom stereocenters. The molecule has 4 heteroatoms. The van der Waals surface area contributed by atoms with Gasteiger partial charge in [-0.1, -0.05) is 56.3 Å². The van der Waals surface area contributed by atoms with E-state index in [2.05, 4.69) is 66.3 Å². The summed E-state index contributed by atoms with van der Waals surface area (Å²) in [5, 5.41) is 0. The summed E-state index contributed by atoms with van der Waals surface area (Å²) in [6.45, 7) is 9.42. The molecule has 0 spiro atoms. The van der Waals surface area contributed by atoms with Crippen LogP contribution < -0.4 is 5.73 Å². The smallest absolute Gasteiger partial charge is 0.132 e. The largest absolute Gasteiger partial charge is 0.383 e. The summed E-state index contributed by atoms with van der Waals surface area (Å²) in [7, 11) is 0. The number of nitrogens with two attached hydrogens (primary N) is 1. The van der Waals surface area contributed by atoms with E-state index in [4.69, 9.17) is 10.7 Å². The van der Waals surface area contributed by atoms with Gasteiger partial charge in [-0.2, -0.15) is 0 Å². The minimum atomic E-state index is 0.327. The summed E-state index contributed by atoms with van der Waals surface area (Å²) in [5.41, 5.74) is 15.2. The first kappa shape index (κ1) is 21.6. The molecule has 0 radical (unpaired) electrons. The standard InChI is InChI=1S/C29H32N4/c1-5-31-19(2)33-27(30)21-8-6-20(7-9-21)23-11-13-26(32-17-23)22-10-12-24-25(16-22)29(4)15-14-28(24,3)18-29/h6-13,16-17H,5,14-15,18H2,1-4H3,(H2,30,31,33). The zero-order valence-electron chi connectivity index (χ0n) is 20.0. The summed E-state index contributed by atoms with van der Waals surface area (Å²) in [4.78, 5) is 13.4. The van der Waals surface area contributed by atoms with Gasteiger partial charge in [-0.25, -0.2) is 4.99 Å². The van der Waals surface area contributed by atoms with Crippen LogP contribution in [-0.2, 0) is 10.8 Å². The molecule has 1 saturated carbocycles. The Morgan fingerprint density at radius 2 is 1.58 bits per heavy atom. The van der Waals surface area contributed by atoms with E-state index in [1.54, 1.807) is 5.56 Å². The van der Waals surface area contributed by atoms with E-state index in [0.29, 0.717) is 29.0 Å². The van der Waals surface area contributed by atoms with E-state index >= 15 is 0 Å². The average molecular weight is 437 g/mol. The van der Waals surface area contributed by atoms with Gasteiger partial charge in [0.1, 0.15) is 11.7 Å². The van der Waals surface area contributed by atoms with Crippen molar-refractivity contribution >= 4 is 11.7 Å². The molecule has 5 rings (SSSR count). The van der Waals surface area contributed by atoms with Crippen LogP contribution in [0.25, 0.3) is 22.4 Å². The number of rotatable bonds is 4. The van der Waals surface area contributed by atoms with Crippen molar-refractivity contribution in [3.05, 3.63) is 77.5 Å². The molecular weight excluding hydrogens is 404 g/mol. The Labute approximate surface area is 196 Å². The predicted octanol–water partition coefficient (Wildman–Crippen LogP) is 6.27. The van der Waals surface area contributed by atoms with E-state index in [-0.39, 0.29) is 0 Å². The molecule has 2 aliphatic rings. The number of hydrogen-bond donors (Lipinski definition) is 1. The van der Waals surface area contributed by atoms with E-state index in [9.17, 15) is 0 Å². The third kappa shape index (κ3) is 3.78. The number of aromatic nitrogens is 1. The molecule has 2 aliphatic carbocycles. The number of aliphatic imine (C=N–C) groups is 2. The molecule has 168 valence electrons. The second kappa shape index (κ2) is 7.95. The van der Waals surface area contributed by atoms with Gasteiger partial charge in [0.2, 0.25) is 0 Å². The molecule has 0 saturated heterocycles. The molecule has 3 aromatic rings. The molecule has 4 nitrogen and oxygen atoms in total. The minimum Gasteiger partial charge on any atom is -0.383 e. The quantitative estimate of drug-likeness (QED) is 0.387. The fraction of sp³-hybridized carbons (Fsp3) is 0.345. The number of amidine groups is 2. The maximum Gasteiger partial charge on any atom is 0.132 e. The van der Waals surface area contributed by atoms with E-state index in [1.165, 1.54) is 30.4 Å². The molecule has 0 aliphatic heterocycles. The lowest BCUT2D eigenvalue weighted by Gasteiger charge is -2.27. The highest BCUT2D eigenvalue weighted by molar-refractivity contribution is 6.05. The summed E-state index contributed by atoms with van der Waals surface area (Å²) < 4.78 is 0. The molecule has 2 bridgehead atoms. The van der Waals surface area contributed by atoms with Crippen LogP contribution in [0.5, 0.6) is 0 Å². The fourth-order valence-electron chi connectivity index (χ4n) is 5.85. The van der Waals surface area contributed by atoms with Crippen molar-refractivity contribution in [3.63, 3.8) is 0 Å². The van der Waals surface area contributed by atoms with Crippen molar-refractivity contribution in [3.8, 4) is 22.4 Å². The number of benzene rings is 2. The van der Waals surface area contributed by atoms with Gasteiger partial charge in [-0.3, -0.25) is 9.98 Å². The Morgan fingerprint density at radius 1 is 0.909 bits per heavy atom. The molecule has 2 N–H and O–H groups in total. The maximum absolute atomic E-state index is 6.13. The van der Waals surface area contributed by atoms with Crippen molar-refractivity contribution in [1.82, 2.24) is 4.98 Å². The number of hydrogen-bond acceptors (Lipinski definition) is 2. The lowest BCUT2D eigenvalue weighted by atomic mass is 9.77. The second-order valence-corrected chi connectivity index (χ2v) is 10.1. The van der Waals surface area contributed by atoms with E-state index in [1.807, 2.05) is 32.2 Å². The van der Waals surface area contributed by atoms with Crippen LogP contribution in [0, 0.1) is 0 Å². The Kier molecular flexibility index (Phi) is 5.19. The lowest BCUT2D eigenvalue weighted by molar-refractivity contribution is 0.484. The normalized spacial score (nSPS) is 24.2. The molecule has 1 fully saturated rings. The lowest BCUT2D eigenvalue weighted by Crippen LogP contribution is -2.17. The van der Waals surface area contributed by atoms with Crippen LogP contribution in [-0.4, -0.2) is 23.2 Å². The van der Waals surface area contributed by atoms with Crippen molar-refractivity contribution in [2.24, 2.45) is 15.7 Å². The number of nitrogens with zero attached hydrogens (tertiary/aromatic N) is 3. The highest BCUT2D eigenvalue weighted by atomic mass is 14.9. The topological polar surface area (TPSA) is 63.6 Å². The first-order chi connectivity index (χ1) is 15.8. The molecule has 2 aromatic carbocycles.